The van der Waals surface area contributed by atoms with Crippen LogP contribution in [0.5, 0.6) is 0 Å². The fourth-order valence-corrected chi connectivity index (χ4v) is 3.19. The molecule has 0 saturated carbocycles. The van der Waals surface area contributed by atoms with E-state index in [1.54, 1.807) is 0 Å². The van der Waals surface area contributed by atoms with E-state index in [9.17, 15) is 14.9 Å². The fourth-order valence-electron chi connectivity index (χ4n) is 3.19. The second-order valence-corrected chi connectivity index (χ2v) is 6.08. The predicted molar refractivity (Wildman–Crippen MR) is 99.1 cm³/mol. The topological polar surface area (TPSA) is 64.1 Å². The first-order valence-corrected chi connectivity index (χ1v) is 8.21. The second-order valence-electron chi connectivity index (χ2n) is 6.08. The lowest BCUT2D eigenvalue weighted by Gasteiger charge is -2.04. The summed E-state index contributed by atoms with van der Waals surface area (Å²) in [5, 5.41) is 14.1. The first kappa shape index (κ1) is 18.7. The zero-order chi connectivity index (χ0) is 18.1. The molecule has 0 aliphatic heterocycles. The van der Waals surface area contributed by atoms with Crippen molar-refractivity contribution in [1.82, 2.24) is 0 Å². The quantitative estimate of drug-likeness (QED) is 0.162. The number of fused-ring (bicyclic) bond motifs is 3. The molecule has 1 heterocycles. The molecule has 4 rings (SSSR count). The van der Waals surface area contributed by atoms with Gasteiger partial charge in [-0.3, -0.25) is 14.9 Å². The number of pyridine rings is 1. The van der Waals surface area contributed by atoms with Crippen LogP contribution < -0.4 is 21.5 Å². The van der Waals surface area contributed by atoms with Crippen LogP contribution in [-0.4, -0.2) is 10.7 Å². The highest BCUT2D eigenvalue weighted by atomic mass is 79.9. The van der Waals surface area contributed by atoms with E-state index in [1.165, 1.54) is 24.3 Å². The van der Waals surface area contributed by atoms with Crippen molar-refractivity contribution in [3.8, 4) is 0 Å². The predicted octanol–water partition coefficient (Wildman–Crippen LogP) is 1.08. The molecular formula is C21H15BrN2O3. The summed E-state index contributed by atoms with van der Waals surface area (Å²) in [6.07, 6.45) is 1.88. The van der Waals surface area contributed by atoms with Gasteiger partial charge in [-0.05, 0) is 35.0 Å². The molecule has 0 spiro atoms. The third kappa shape index (κ3) is 3.57. The van der Waals surface area contributed by atoms with E-state index < -0.39 is 4.92 Å². The van der Waals surface area contributed by atoms with Gasteiger partial charge in [-0.15, -0.1) is 0 Å². The maximum Gasteiger partial charge on any atom is 0.269 e. The molecule has 0 radical (unpaired) electrons. The number of nitrogens with zero attached hydrogens (tertiary/aromatic N) is 2. The number of carbonyl (C=O) groups excluding carboxylic acids is 1. The monoisotopic (exact) mass is 422 g/mol. The van der Waals surface area contributed by atoms with Crippen molar-refractivity contribution in [1.29, 1.82) is 0 Å². The maximum atomic E-state index is 12.6. The molecule has 0 aliphatic carbocycles. The van der Waals surface area contributed by atoms with Crippen LogP contribution in [0.4, 0.5) is 5.69 Å². The number of halogens is 1. The van der Waals surface area contributed by atoms with Gasteiger partial charge in [0.1, 0.15) is 0 Å². The second kappa shape index (κ2) is 7.63. The molecule has 0 amide bonds. The number of aromatic nitrogens is 1. The number of carbonyl (C=O) groups is 1. The molecule has 0 atom stereocenters. The number of nitro benzene ring substituents is 1. The number of nitro groups is 1. The van der Waals surface area contributed by atoms with Crippen molar-refractivity contribution in [2.24, 2.45) is 0 Å². The lowest BCUT2D eigenvalue weighted by atomic mass is 10.0. The Kier molecular flexibility index (Phi) is 5.28. The molecular weight excluding hydrogens is 408 g/mol. The summed E-state index contributed by atoms with van der Waals surface area (Å²) in [5.41, 5.74) is 1.41. The molecule has 0 fully saturated rings. The van der Waals surface area contributed by atoms with Crippen molar-refractivity contribution in [2.75, 3.05) is 0 Å². The van der Waals surface area contributed by atoms with Gasteiger partial charge in [-0.2, -0.15) is 4.57 Å². The Bertz CT molecular complexity index is 1160. The Morgan fingerprint density at radius 3 is 2.33 bits per heavy atom. The summed E-state index contributed by atoms with van der Waals surface area (Å²) in [4.78, 5) is 22.9. The number of hydrogen-bond donors (Lipinski definition) is 0. The number of benzene rings is 3. The molecule has 134 valence electrons. The smallest absolute Gasteiger partial charge is 0.269 e. The molecule has 0 aliphatic rings. The van der Waals surface area contributed by atoms with Crippen LogP contribution in [0.3, 0.4) is 0 Å². The Hall–Kier alpha value is -3.12. The van der Waals surface area contributed by atoms with Crippen molar-refractivity contribution in [3.63, 3.8) is 0 Å². The van der Waals surface area contributed by atoms with Gasteiger partial charge in [-0.1, -0.05) is 24.3 Å². The summed E-state index contributed by atoms with van der Waals surface area (Å²) in [7, 11) is 0. The standard InChI is InChI=1S/C21H15N2O3.BrH/c24-21(16-7-10-17(11-8-16)23(25)26)14-22-13-3-6-19-18-5-2-1-4-15(18)9-12-20(19)22;/h1-13H,14H2;1H/q+1;/p-1. The van der Waals surface area contributed by atoms with E-state index in [-0.39, 0.29) is 35.0 Å². The van der Waals surface area contributed by atoms with Gasteiger partial charge in [0.2, 0.25) is 17.8 Å². The van der Waals surface area contributed by atoms with Crippen LogP contribution in [0, 0.1) is 10.1 Å². The molecule has 4 aromatic rings. The minimum Gasteiger partial charge on any atom is -1.00 e. The van der Waals surface area contributed by atoms with E-state index in [0.29, 0.717) is 5.56 Å². The minimum absolute atomic E-state index is 0. The first-order chi connectivity index (χ1) is 12.6. The van der Waals surface area contributed by atoms with Gasteiger partial charge in [0.15, 0.2) is 6.20 Å². The van der Waals surface area contributed by atoms with E-state index in [2.05, 4.69) is 12.1 Å². The average molecular weight is 423 g/mol. The molecule has 5 nitrogen and oxygen atoms in total. The summed E-state index contributed by atoms with van der Waals surface area (Å²) < 4.78 is 1.91. The number of rotatable bonds is 4. The van der Waals surface area contributed by atoms with Crippen molar-refractivity contribution < 1.29 is 31.3 Å². The fraction of sp³-hybridized carbons (Fsp3) is 0.0476. The molecule has 3 aromatic carbocycles. The number of hydrogen-bond acceptors (Lipinski definition) is 3. The van der Waals surface area contributed by atoms with Crippen LogP contribution in [0.25, 0.3) is 21.7 Å². The summed E-state index contributed by atoms with van der Waals surface area (Å²) in [6, 6.07) is 21.9. The Balaban J connectivity index is 0.00000210. The maximum absolute atomic E-state index is 12.6. The van der Waals surface area contributed by atoms with Crippen LogP contribution in [0.2, 0.25) is 0 Å². The highest BCUT2D eigenvalue weighted by molar-refractivity contribution is 6.05. The number of Topliss-reactive ketones (excluding diaryl/α,β-unsaturated/α-hetero) is 1. The van der Waals surface area contributed by atoms with E-state index >= 15 is 0 Å². The van der Waals surface area contributed by atoms with Gasteiger partial charge in [0.25, 0.3) is 5.69 Å². The highest BCUT2D eigenvalue weighted by Gasteiger charge is 2.17. The lowest BCUT2D eigenvalue weighted by Crippen LogP contribution is -3.00. The Labute approximate surface area is 165 Å². The van der Waals surface area contributed by atoms with E-state index in [0.717, 1.165) is 21.7 Å². The molecule has 1 aromatic heterocycles. The van der Waals surface area contributed by atoms with Gasteiger partial charge >= 0.3 is 0 Å². The SMILES string of the molecule is O=C(C[n+]1cccc2c3ccccc3ccc21)c1ccc([N+](=O)[O-])cc1.[Br-]. The zero-order valence-electron chi connectivity index (χ0n) is 14.2. The van der Waals surface area contributed by atoms with E-state index in [4.69, 9.17) is 0 Å². The molecule has 6 heteroatoms. The normalized spacial score (nSPS) is 10.5. The number of ketones is 1. The van der Waals surface area contributed by atoms with Crippen LogP contribution in [0.1, 0.15) is 10.4 Å². The Morgan fingerprint density at radius 2 is 1.59 bits per heavy atom. The molecule has 0 saturated heterocycles. The highest BCUT2D eigenvalue weighted by Crippen LogP contribution is 2.23. The van der Waals surface area contributed by atoms with Crippen molar-refractivity contribution in [3.05, 3.63) is 94.7 Å². The third-order valence-corrected chi connectivity index (χ3v) is 4.50. The van der Waals surface area contributed by atoms with Gasteiger partial charge < -0.3 is 17.0 Å². The Morgan fingerprint density at radius 1 is 0.889 bits per heavy atom. The van der Waals surface area contributed by atoms with Crippen molar-refractivity contribution >= 4 is 33.1 Å². The van der Waals surface area contributed by atoms with Crippen LogP contribution >= 0.6 is 0 Å². The third-order valence-electron chi connectivity index (χ3n) is 4.50. The molecule has 0 N–H and O–H groups in total. The number of non-ortho nitro benzene ring substituents is 1. The van der Waals surface area contributed by atoms with E-state index in [1.807, 2.05) is 47.2 Å². The van der Waals surface area contributed by atoms with Crippen LogP contribution in [0.15, 0.2) is 79.0 Å². The first-order valence-electron chi connectivity index (χ1n) is 8.21. The summed E-state index contributed by atoms with van der Waals surface area (Å²) in [5.74, 6) is -0.0921. The van der Waals surface area contributed by atoms with Gasteiger partial charge in [0.05, 0.1) is 10.3 Å². The molecule has 27 heavy (non-hydrogen) atoms. The summed E-state index contributed by atoms with van der Waals surface area (Å²) >= 11 is 0. The largest absolute Gasteiger partial charge is 1.00 e. The zero-order valence-corrected chi connectivity index (χ0v) is 15.8. The molecule has 0 bridgehead atoms. The van der Waals surface area contributed by atoms with Crippen LogP contribution in [-0.2, 0) is 6.54 Å². The molecule has 0 unspecified atom stereocenters. The average Bonchev–Trinajstić information content (AvgIpc) is 2.68. The van der Waals surface area contributed by atoms with Gasteiger partial charge in [0, 0.05) is 29.8 Å². The lowest BCUT2D eigenvalue weighted by molar-refractivity contribution is -0.657. The minimum atomic E-state index is -0.473. The summed E-state index contributed by atoms with van der Waals surface area (Å²) in [6.45, 7) is 0.174. The van der Waals surface area contributed by atoms with Gasteiger partial charge in [-0.25, -0.2) is 0 Å². The van der Waals surface area contributed by atoms with Crippen molar-refractivity contribution in [2.45, 2.75) is 6.54 Å².